The van der Waals surface area contributed by atoms with Crippen molar-refractivity contribution in [1.82, 2.24) is 9.13 Å². The van der Waals surface area contributed by atoms with Crippen molar-refractivity contribution in [1.29, 1.82) is 0 Å². The zero-order chi connectivity index (χ0) is 31.5. The Kier molecular flexibility index (Phi) is 6.03. The van der Waals surface area contributed by atoms with E-state index in [2.05, 4.69) is 20.8 Å². The summed E-state index contributed by atoms with van der Waals surface area (Å²) >= 11 is 0. The molecule has 0 radical (unpaired) electrons. The van der Waals surface area contributed by atoms with Crippen molar-refractivity contribution in [2.24, 2.45) is 20.0 Å². The van der Waals surface area contributed by atoms with Gasteiger partial charge in [-0.25, -0.2) is 0 Å². The standard InChI is InChI=1S/C34H38N2O8/c1-33(2)24-18(22-27(43-33)16-10-12-20(39-6)29(41-8)25(16)35(4)31(22)37)14-34(3)15-19(24)23-28(44-34)17-11-13-21(40-7)30(42-9)26(17)36(5)32(23)38/h10-13,18-19,24H,14-15H2,1-9H3/t18-,19+,24+,34-/m1/s1. The lowest BCUT2D eigenvalue weighted by molar-refractivity contribution is -0.0798. The highest BCUT2D eigenvalue weighted by atomic mass is 16.5. The fourth-order valence-corrected chi connectivity index (χ4v) is 8.52. The van der Waals surface area contributed by atoms with E-state index in [9.17, 15) is 9.59 Å². The van der Waals surface area contributed by atoms with Gasteiger partial charge in [0.2, 0.25) is 0 Å². The predicted octanol–water partition coefficient (Wildman–Crippen LogP) is 5.02. The van der Waals surface area contributed by atoms with Gasteiger partial charge >= 0.3 is 0 Å². The SMILES string of the molecule is COc1ccc2c3c(c(=O)n(C)c2c1OC)[C@H]1C[C@]2(C)C[C@@H](c4c(c5ccc(OC)c(OC)c5n(C)c4=O)O2)[C@H]1C(C)(C)O3. The van der Waals surface area contributed by atoms with Gasteiger partial charge in [-0.05, 0) is 57.9 Å². The number of nitrogens with zero attached hydrogens (tertiary/aromatic N) is 2. The molecule has 0 amide bonds. The molecule has 3 aliphatic rings. The zero-order valence-corrected chi connectivity index (χ0v) is 26.6. The quantitative estimate of drug-likeness (QED) is 0.321. The van der Waals surface area contributed by atoms with Gasteiger partial charge in [-0.3, -0.25) is 9.59 Å². The first kappa shape index (κ1) is 28.4. The molecule has 1 aliphatic carbocycles. The van der Waals surface area contributed by atoms with E-state index in [1.54, 1.807) is 51.7 Å². The average Bonchev–Trinajstić information content (AvgIpc) is 2.99. The zero-order valence-electron chi connectivity index (χ0n) is 26.6. The van der Waals surface area contributed by atoms with Gasteiger partial charge in [0, 0.05) is 42.6 Å². The normalized spacial score (nSPS) is 24.4. The van der Waals surface area contributed by atoms with Crippen LogP contribution in [0, 0.1) is 5.92 Å². The summed E-state index contributed by atoms with van der Waals surface area (Å²) in [6.45, 7) is 6.22. The van der Waals surface area contributed by atoms with Gasteiger partial charge in [-0.2, -0.15) is 0 Å². The van der Waals surface area contributed by atoms with Crippen LogP contribution < -0.4 is 39.5 Å². The van der Waals surface area contributed by atoms with E-state index in [4.69, 9.17) is 28.4 Å². The van der Waals surface area contributed by atoms with Gasteiger partial charge in [-0.1, -0.05) is 0 Å². The summed E-state index contributed by atoms with van der Waals surface area (Å²) in [5, 5.41) is 1.56. The fraction of sp³-hybridized carbons (Fsp3) is 0.471. The maximum atomic E-state index is 14.3. The highest BCUT2D eigenvalue weighted by Gasteiger charge is 2.59. The van der Waals surface area contributed by atoms with Gasteiger partial charge in [-0.15, -0.1) is 0 Å². The Labute approximate surface area is 255 Å². The second-order valence-electron chi connectivity index (χ2n) is 13.0. The molecule has 1 saturated carbocycles. The minimum Gasteiger partial charge on any atom is -0.493 e. The number of methoxy groups -OCH3 is 4. The molecular formula is C34H38N2O8. The molecule has 7 rings (SSSR count). The van der Waals surface area contributed by atoms with Gasteiger partial charge in [0.25, 0.3) is 11.1 Å². The molecule has 10 heteroatoms. The number of benzene rings is 2. The molecule has 232 valence electrons. The Hall–Kier alpha value is -4.34. The molecule has 1 fully saturated rings. The smallest absolute Gasteiger partial charge is 0.258 e. The van der Waals surface area contributed by atoms with Crippen molar-refractivity contribution in [3.63, 3.8) is 0 Å². The molecular weight excluding hydrogens is 564 g/mol. The summed E-state index contributed by atoms with van der Waals surface area (Å²) in [6.07, 6.45) is 1.22. The number of fused-ring (bicyclic) bond motifs is 12. The van der Waals surface area contributed by atoms with E-state index >= 15 is 0 Å². The molecule has 4 atom stereocenters. The largest absolute Gasteiger partial charge is 0.493 e. The summed E-state index contributed by atoms with van der Waals surface area (Å²) in [5.41, 5.74) is 0.791. The fourth-order valence-electron chi connectivity index (χ4n) is 8.52. The highest BCUT2D eigenvalue weighted by molar-refractivity contribution is 5.95. The van der Waals surface area contributed by atoms with Gasteiger partial charge in [0.15, 0.2) is 23.0 Å². The lowest BCUT2D eigenvalue weighted by Crippen LogP contribution is -2.58. The first-order valence-electron chi connectivity index (χ1n) is 14.8. The summed E-state index contributed by atoms with van der Waals surface area (Å²) < 4.78 is 39.5. The molecule has 2 aliphatic heterocycles. The molecule has 2 aromatic carbocycles. The van der Waals surface area contributed by atoms with Crippen molar-refractivity contribution < 1.29 is 28.4 Å². The lowest BCUT2D eigenvalue weighted by atomic mass is 9.56. The van der Waals surface area contributed by atoms with E-state index in [1.165, 1.54) is 0 Å². The Morgan fingerprint density at radius 3 is 1.52 bits per heavy atom. The van der Waals surface area contributed by atoms with Gasteiger partial charge in [0.05, 0.1) is 39.6 Å². The summed E-state index contributed by atoms with van der Waals surface area (Å²) in [6, 6.07) is 7.53. The van der Waals surface area contributed by atoms with E-state index < -0.39 is 11.2 Å². The minimum absolute atomic E-state index is 0.156. The second kappa shape index (κ2) is 9.33. The van der Waals surface area contributed by atoms with Crippen molar-refractivity contribution in [2.45, 2.75) is 56.7 Å². The topological polar surface area (TPSA) is 99.4 Å². The third-order valence-electron chi connectivity index (χ3n) is 10.2. The number of aromatic nitrogens is 2. The van der Waals surface area contributed by atoms with Crippen LogP contribution in [0.3, 0.4) is 0 Å². The predicted molar refractivity (Wildman–Crippen MR) is 167 cm³/mol. The second-order valence-corrected chi connectivity index (χ2v) is 13.0. The minimum atomic E-state index is -0.720. The molecule has 2 bridgehead atoms. The maximum Gasteiger partial charge on any atom is 0.258 e. The highest BCUT2D eigenvalue weighted by Crippen LogP contribution is 2.63. The van der Waals surface area contributed by atoms with E-state index in [0.717, 1.165) is 10.8 Å². The van der Waals surface area contributed by atoms with Crippen molar-refractivity contribution in [3.05, 3.63) is 56.1 Å². The molecule has 0 spiro atoms. The van der Waals surface area contributed by atoms with Crippen LogP contribution >= 0.6 is 0 Å². The van der Waals surface area contributed by atoms with Gasteiger partial charge in [0.1, 0.15) is 33.7 Å². The van der Waals surface area contributed by atoms with Crippen LogP contribution in [0.2, 0.25) is 0 Å². The van der Waals surface area contributed by atoms with Crippen molar-refractivity contribution >= 4 is 21.8 Å². The Morgan fingerprint density at radius 1 is 0.682 bits per heavy atom. The van der Waals surface area contributed by atoms with Crippen LogP contribution in [0.25, 0.3) is 21.8 Å². The molecule has 44 heavy (non-hydrogen) atoms. The molecule has 0 N–H and O–H groups in total. The number of rotatable bonds is 4. The Balaban J connectivity index is 1.51. The molecule has 0 saturated heterocycles. The average molecular weight is 603 g/mol. The monoisotopic (exact) mass is 602 g/mol. The number of hydrogen-bond acceptors (Lipinski definition) is 8. The van der Waals surface area contributed by atoms with E-state index in [-0.39, 0.29) is 28.9 Å². The van der Waals surface area contributed by atoms with Crippen molar-refractivity contribution in [3.8, 4) is 34.5 Å². The lowest BCUT2D eigenvalue weighted by Gasteiger charge is -2.57. The number of pyridine rings is 2. The Morgan fingerprint density at radius 2 is 1.11 bits per heavy atom. The molecule has 4 aromatic rings. The van der Waals surface area contributed by atoms with E-state index in [0.29, 0.717) is 69.5 Å². The summed E-state index contributed by atoms with van der Waals surface area (Å²) in [5.74, 6) is 2.56. The van der Waals surface area contributed by atoms with Crippen LogP contribution in [0.4, 0.5) is 0 Å². The first-order chi connectivity index (χ1) is 20.9. The molecule has 2 aromatic heterocycles. The van der Waals surface area contributed by atoms with E-state index in [1.807, 2.05) is 24.3 Å². The van der Waals surface area contributed by atoms with Crippen LogP contribution in [-0.2, 0) is 14.1 Å². The van der Waals surface area contributed by atoms with Crippen LogP contribution in [0.1, 0.15) is 56.6 Å². The third kappa shape index (κ3) is 3.53. The first-order valence-corrected chi connectivity index (χ1v) is 14.8. The maximum absolute atomic E-state index is 14.3. The summed E-state index contributed by atoms with van der Waals surface area (Å²) in [7, 11) is 9.79. The molecule has 10 nitrogen and oxygen atoms in total. The van der Waals surface area contributed by atoms with Gasteiger partial charge < -0.3 is 37.6 Å². The molecule has 0 unspecified atom stereocenters. The van der Waals surface area contributed by atoms with Crippen LogP contribution in [0.5, 0.6) is 34.5 Å². The Bertz CT molecular complexity index is 1890. The summed E-state index contributed by atoms with van der Waals surface area (Å²) in [4.78, 5) is 28.6. The number of ether oxygens (including phenoxy) is 6. The van der Waals surface area contributed by atoms with Crippen LogP contribution in [0.15, 0.2) is 33.9 Å². The van der Waals surface area contributed by atoms with Crippen LogP contribution in [-0.4, -0.2) is 48.8 Å². The third-order valence-corrected chi connectivity index (χ3v) is 10.2. The number of aryl methyl sites for hydroxylation is 2. The molecule has 4 heterocycles. The van der Waals surface area contributed by atoms with Crippen molar-refractivity contribution in [2.75, 3.05) is 28.4 Å². The number of hydrogen-bond donors (Lipinski definition) is 0.